The van der Waals surface area contributed by atoms with E-state index in [0.717, 1.165) is 12.8 Å². The largest absolute Gasteiger partial charge is 0.398 e. The van der Waals surface area contributed by atoms with E-state index in [1.165, 1.54) is 0 Å². The van der Waals surface area contributed by atoms with Gasteiger partial charge >= 0.3 is 0 Å². The molecule has 0 fully saturated rings. The van der Waals surface area contributed by atoms with E-state index in [1.807, 2.05) is 0 Å². The monoisotopic (exact) mass is 211 g/mol. The summed E-state index contributed by atoms with van der Waals surface area (Å²) >= 11 is 0. The summed E-state index contributed by atoms with van der Waals surface area (Å²) in [6.45, 7) is 8.90. The standard InChI is InChI=1S/C11H21NOSi/c1-5-8-11(13-14(2,3)4)12-9-6-7-10-12/h6-7,9-11H,5,8H2,1-4H3. The maximum absolute atomic E-state index is 6.12. The predicted molar refractivity (Wildman–Crippen MR) is 62.8 cm³/mol. The third-order valence-electron chi connectivity index (χ3n) is 1.99. The molecular formula is C11H21NOSi. The van der Waals surface area contributed by atoms with Crippen molar-refractivity contribution in [1.82, 2.24) is 4.57 Å². The van der Waals surface area contributed by atoms with Crippen LogP contribution in [0.5, 0.6) is 0 Å². The molecule has 0 saturated carbocycles. The van der Waals surface area contributed by atoms with Gasteiger partial charge in [0, 0.05) is 12.4 Å². The molecule has 1 aromatic rings. The first-order valence-electron chi connectivity index (χ1n) is 5.33. The minimum Gasteiger partial charge on any atom is -0.398 e. The van der Waals surface area contributed by atoms with Crippen LogP contribution in [0.4, 0.5) is 0 Å². The SMILES string of the molecule is CCCC(O[Si](C)(C)C)n1cccc1. The van der Waals surface area contributed by atoms with Crippen LogP contribution in [0.25, 0.3) is 0 Å². The average molecular weight is 211 g/mol. The zero-order valence-corrected chi connectivity index (χ0v) is 10.7. The van der Waals surface area contributed by atoms with Gasteiger partial charge in [0.1, 0.15) is 6.23 Å². The molecule has 0 aliphatic rings. The molecule has 1 unspecified atom stereocenters. The number of nitrogens with zero attached hydrogens (tertiary/aromatic N) is 1. The second kappa shape index (κ2) is 4.80. The van der Waals surface area contributed by atoms with Gasteiger partial charge in [0.25, 0.3) is 0 Å². The summed E-state index contributed by atoms with van der Waals surface area (Å²) in [4.78, 5) is 0. The first-order chi connectivity index (χ1) is 6.53. The van der Waals surface area contributed by atoms with Crippen LogP contribution in [0.2, 0.25) is 19.6 Å². The number of rotatable bonds is 5. The van der Waals surface area contributed by atoms with Crippen molar-refractivity contribution >= 4 is 8.32 Å². The highest BCUT2D eigenvalue weighted by molar-refractivity contribution is 6.69. The van der Waals surface area contributed by atoms with Crippen molar-refractivity contribution in [2.75, 3.05) is 0 Å². The molecule has 14 heavy (non-hydrogen) atoms. The zero-order valence-electron chi connectivity index (χ0n) is 9.66. The fraction of sp³-hybridized carbons (Fsp3) is 0.636. The van der Waals surface area contributed by atoms with Crippen LogP contribution >= 0.6 is 0 Å². The second-order valence-corrected chi connectivity index (χ2v) is 9.06. The molecule has 0 spiro atoms. The summed E-state index contributed by atoms with van der Waals surface area (Å²) in [7, 11) is -1.43. The summed E-state index contributed by atoms with van der Waals surface area (Å²) < 4.78 is 8.29. The van der Waals surface area contributed by atoms with Crippen molar-refractivity contribution in [2.45, 2.75) is 45.6 Å². The lowest BCUT2D eigenvalue weighted by Crippen LogP contribution is -2.30. The number of hydrogen-bond donors (Lipinski definition) is 0. The summed E-state index contributed by atoms with van der Waals surface area (Å²) in [5, 5.41) is 0. The predicted octanol–water partition coefficient (Wildman–Crippen LogP) is 3.64. The Morgan fingerprint density at radius 2 is 1.79 bits per heavy atom. The maximum Gasteiger partial charge on any atom is 0.186 e. The molecule has 80 valence electrons. The number of hydrogen-bond acceptors (Lipinski definition) is 1. The van der Waals surface area contributed by atoms with Gasteiger partial charge in [0.15, 0.2) is 8.32 Å². The minimum absolute atomic E-state index is 0.238. The summed E-state index contributed by atoms with van der Waals surface area (Å²) in [6.07, 6.45) is 6.66. The zero-order chi connectivity index (χ0) is 10.6. The molecule has 0 bridgehead atoms. The quantitative estimate of drug-likeness (QED) is 0.678. The fourth-order valence-corrected chi connectivity index (χ4v) is 2.52. The maximum atomic E-state index is 6.12. The van der Waals surface area contributed by atoms with E-state index in [9.17, 15) is 0 Å². The lowest BCUT2D eigenvalue weighted by atomic mass is 10.3. The molecule has 1 aromatic heterocycles. The van der Waals surface area contributed by atoms with E-state index in [0.29, 0.717) is 0 Å². The molecule has 3 heteroatoms. The second-order valence-electron chi connectivity index (χ2n) is 4.60. The molecule has 1 heterocycles. The molecule has 0 amide bonds. The molecule has 1 rings (SSSR count). The van der Waals surface area contributed by atoms with E-state index in [2.05, 4.69) is 55.7 Å². The summed E-state index contributed by atoms with van der Waals surface area (Å²) in [6, 6.07) is 4.10. The summed E-state index contributed by atoms with van der Waals surface area (Å²) in [5.41, 5.74) is 0. The molecule has 0 saturated heterocycles. The highest BCUT2D eigenvalue weighted by Gasteiger charge is 2.20. The Balaban J connectivity index is 2.65. The molecule has 0 aliphatic heterocycles. The third-order valence-corrected chi connectivity index (χ3v) is 2.96. The third kappa shape index (κ3) is 3.68. The molecule has 1 atom stereocenters. The normalized spacial score (nSPS) is 14.3. The Hall–Kier alpha value is -0.543. The van der Waals surface area contributed by atoms with Gasteiger partial charge in [-0.05, 0) is 38.2 Å². The van der Waals surface area contributed by atoms with Gasteiger partial charge in [-0.25, -0.2) is 0 Å². The van der Waals surface area contributed by atoms with Crippen molar-refractivity contribution < 1.29 is 4.43 Å². The first-order valence-corrected chi connectivity index (χ1v) is 8.74. The van der Waals surface area contributed by atoms with E-state index >= 15 is 0 Å². The van der Waals surface area contributed by atoms with Gasteiger partial charge in [-0.3, -0.25) is 0 Å². The van der Waals surface area contributed by atoms with Crippen molar-refractivity contribution in [3.8, 4) is 0 Å². The van der Waals surface area contributed by atoms with E-state index < -0.39 is 8.32 Å². The van der Waals surface area contributed by atoms with Gasteiger partial charge in [-0.15, -0.1) is 0 Å². The first kappa shape index (κ1) is 11.5. The van der Waals surface area contributed by atoms with Crippen LogP contribution in [-0.2, 0) is 4.43 Å². The van der Waals surface area contributed by atoms with Crippen LogP contribution in [0, 0.1) is 0 Å². The lowest BCUT2D eigenvalue weighted by molar-refractivity contribution is 0.114. The molecule has 2 nitrogen and oxygen atoms in total. The lowest BCUT2D eigenvalue weighted by Gasteiger charge is -2.27. The Bertz CT molecular complexity index is 251. The van der Waals surface area contributed by atoms with Gasteiger partial charge < -0.3 is 8.99 Å². The average Bonchev–Trinajstić information content (AvgIpc) is 2.52. The topological polar surface area (TPSA) is 14.2 Å². The van der Waals surface area contributed by atoms with Gasteiger partial charge in [0.2, 0.25) is 0 Å². The molecule has 0 aromatic carbocycles. The van der Waals surface area contributed by atoms with E-state index in [-0.39, 0.29) is 6.23 Å². The van der Waals surface area contributed by atoms with Gasteiger partial charge in [-0.1, -0.05) is 13.3 Å². The van der Waals surface area contributed by atoms with Crippen molar-refractivity contribution in [1.29, 1.82) is 0 Å². The highest BCUT2D eigenvalue weighted by atomic mass is 28.4. The van der Waals surface area contributed by atoms with Crippen molar-refractivity contribution in [3.63, 3.8) is 0 Å². The van der Waals surface area contributed by atoms with Crippen molar-refractivity contribution in [3.05, 3.63) is 24.5 Å². The van der Waals surface area contributed by atoms with Crippen LogP contribution in [0.1, 0.15) is 26.0 Å². The molecule has 0 radical (unpaired) electrons. The number of aromatic nitrogens is 1. The molecule has 0 aliphatic carbocycles. The smallest absolute Gasteiger partial charge is 0.186 e. The van der Waals surface area contributed by atoms with Crippen LogP contribution in [0.15, 0.2) is 24.5 Å². The van der Waals surface area contributed by atoms with Gasteiger partial charge in [0.05, 0.1) is 0 Å². The minimum atomic E-state index is -1.43. The van der Waals surface area contributed by atoms with Crippen LogP contribution in [-0.4, -0.2) is 12.9 Å². The molecule has 0 N–H and O–H groups in total. The van der Waals surface area contributed by atoms with E-state index in [4.69, 9.17) is 4.43 Å². The van der Waals surface area contributed by atoms with Crippen LogP contribution in [0.3, 0.4) is 0 Å². The highest BCUT2D eigenvalue weighted by Crippen LogP contribution is 2.20. The Morgan fingerprint density at radius 1 is 1.21 bits per heavy atom. The van der Waals surface area contributed by atoms with Crippen LogP contribution < -0.4 is 0 Å². The van der Waals surface area contributed by atoms with Crippen molar-refractivity contribution in [2.24, 2.45) is 0 Å². The summed E-state index contributed by atoms with van der Waals surface area (Å²) in [5.74, 6) is 0. The Labute approximate surface area is 88.0 Å². The van der Waals surface area contributed by atoms with Gasteiger partial charge in [-0.2, -0.15) is 0 Å². The Morgan fingerprint density at radius 3 is 2.21 bits per heavy atom. The fourth-order valence-electron chi connectivity index (χ4n) is 1.46. The van der Waals surface area contributed by atoms with E-state index in [1.54, 1.807) is 0 Å². The molecular weight excluding hydrogens is 190 g/mol. The Kier molecular flexibility index (Phi) is 3.95.